The fourth-order valence-corrected chi connectivity index (χ4v) is 2.31. The molecular formula is C15H22N4O3. The number of carbonyl (C=O) groups excluding carboxylic acids is 2. The van der Waals surface area contributed by atoms with Crippen molar-refractivity contribution in [1.82, 2.24) is 19.9 Å². The maximum atomic E-state index is 12.5. The van der Waals surface area contributed by atoms with Gasteiger partial charge in [-0.25, -0.2) is 9.48 Å². The summed E-state index contributed by atoms with van der Waals surface area (Å²) in [5.41, 5.74) is 0.886. The lowest BCUT2D eigenvalue weighted by Crippen LogP contribution is -2.19. The minimum atomic E-state index is -0.602. The Hall–Kier alpha value is -2.18. The van der Waals surface area contributed by atoms with Crippen LogP contribution in [0.3, 0.4) is 0 Å². The number of rotatable bonds is 6. The van der Waals surface area contributed by atoms with Crippen molar-refractivity contribution in [2.75, 3.05) is 21.2 Å². The van der Waals surface area contributed by atoms with Crippen molar-refractivity contribution in [2.45, 2.75) is 32.2 Å². The molecule has 2 atom stereocenters. The van der Waals surface area contributed by atoms with Crippen LogP contribution < -0.4 is 0 Å². The number of carbonyl (C=O) groups is 2. The van der Waals surface area contributed by atoms with Crippen molar-refractivity contribution >= 4 is 11.8 Å². The molecule has 0 unspecified atom stereocenters. The number of aromatic nitrogens is 3. The summed E-state index contributed by atoms with van der Waals surface area (Å²) in [7, 11) is 4.79. The Balaban J connectivity index is 2.12. The lowest BCUT2D eigenvalue weighted by atomic mass is 10.1. The molecule has 1 aliphatic carbocycles. The van der Waals surface area contributed by atoms with Gasteiger partial charge in [0.15, 0.2) is 5.78 Å². The summed E-state index contributed by atoms with van der Waals surface area (Å²) in [5, 5.41) is 8.19. The predicted molar refractivity (Wildman–Crippen MR) is 80.0 cm³/mol. The van der Waals surface area contributed by atoms with Crippen LogP contribution in [0.2, 0.25) is 0 Å². The fraction of sp³-hybridized carbons (Fsp3) is 0.600. The second-order valence-electron chi connectivity index (χ2n) is 6.03. The van der Waals surface area contributed by atoms with Gasteiger partial charge >= 0.3 is 5.97 Å². The maximum absolute atomic E-state index is 12.5. The van der Waals surface area contributed by atoms with E-state index < -0.39 is 5.97 Å². The number of ketones is 1. The Labute approximate surface area is 129 Å². The summed E-state index contributed by atoms with van der Waals surface area (Å²) in [4.78, 5) is 26.0. The summed E-state index contributed by atoms with van der Waals surface area (Å²) >= 11 is 0. The Bertz CT molecular complexity index is 604. The third-order valence-electron chi connectivity index (χ3n) is 3.62. The van der Waals surface area contributed by atoms with Crippen molar-refractivity contribution in [3.63, 3.8) is 0 Å². The van der Waals surface area contributed by atoms with E-state index in [2.05, 4.69) is 10.3 Å². The van der Waals surface area contributed by atoms with Crippen LogP contribution in [-0.4, -0.2) is 52.9 Å². The average Bonchev–Trinajstić information content (AvgIpc) is 3.11. The quantitative estimate of drug-likeness (QED) is 0.339. The summed E-state index contributed by atoms with van der Waals surface area (Å²) in [6.45, 7) is 4.03. The van der Waals surface area contributed by atoms with Gasteiger partial charge in [-0.1, -0.05) is 5.21 Å². The number of ether oxygens (including phenoxy) is 1. The van der Waals surface area contributed by atoms with Gasteiger partial charge in [-0.15, -0.1) is 5.10 Å². The summed E-state index contributed by atoms with van der Waals surface area (Å²) in [6.07, 6.45) is 4.07. The summed E-state index contributed by atoms with van der Waals surface area (Å²) < 4.78 is 6.47. The van der Waals surface area contributed by atoms with Crippen molar-refractivity contribution in [2.24, 2.45) is 5.92 Å². The molecule has 7 heteroatoms. The minimum absolute atomic E-state index is 0.0372. The molecule has 7 nitrogen and oxygen atoms in total. The zero-order valence-electron chi connectivity index (χ0n) is 13.6. The van der Waals surface area contributed by atoms with Gasteiger partial charge in [0, 0.05) is 44.4 Å². The second kappa shape index (κ2) is 6.29. The third-order valence-corrected chi connectivity index (χ3v) is 3.62. The number of hydrogen-bond donors (Lipinski definition) is 0. The smallest absolute Gasteiger partial charge is 0.342 e. The highest BCUT2D eigenvalue weighted by molar-refractivity contribution is 6.19. The normalized spacial score (nSPS) is 20.9. The molecule has 0 N–H and O–H groups in total. The monoisotopic (exact) mass is 306 g/mol. The molecule has 1 fully saturated rings. The zero-order chi connectivity index (χ0) is 16.4. The van der Waals surface area contributed by atoms with Gasteiger partial charge in [0.1, 0.15) is 5.57 Å². The molecule has 1 aromatic heterocycles. The SMILES string of the molecule is COC(=O)/C(=C\N(C)C)C(=O)[C@H]1C[C@@H]1c1cn(C(C)C)nn1. The van der Waals surface area contributed by atoms with Gasteiger partial charge in [0.25, 0.3) is 0 Å². The molecule has 1 aliphatic rings. The number of esters is 1. The Morgan fingerprint density at radius 3 is 2.64 bits per heavy atom. The van der Waals surface area contributed by atoms with Gasteiger partial charge in [-0.05, 0) is 20.3 Å². The lowest BCUT2D eigenvalue weighted by Gasteiger charge is -2.09. The first-order valence-electron chi connectivity index (χ1n) is 7.27. The van der Waals surface area contributed by atoms with E-state index in [1.54, 1.807) is 23.7 Å². The van der Waals surface area contributed by atoms with Crippen LogP contribution in [0.25, 0.3) is 0 Å². The van der Waals surface area contributed by atoms with Crippen LogP contribution in [0.4, 0.5) is 0 Å². The highest BCUT2D eigenvalue weighted by Crippen LogP contribution is 2.48. The number of Topliss-reactive ketones (excluding diaryl/α,β-unsaturated/α-hetero) is 1. The number of nitrogens with zero attached hydrogens (tertiary/aromatic N) is 4. The molecule has 2 rings (SSSR count). The molecule has 0 saturated heterocycles. The van der Waals surface area contributed by atoms with E-state index in [0.29, 0.717) is 6.42 Å². The first-order valence-corrected chi connectivity index (χ1v) is 7.27. The van der Waals surface area contributed by atoms with Crippen molar-refractivity contribution in [3.05, 3.63) is 23.7 Å². The first-order chi connectivity index (χ1) is 10.3. The van der Waals surface area contributed by atoms with Gasteiger partial charge in [-0.2, -0.15) is 0 Å². The molecule has 0 radical (unpaired) electrons. The molecule has 0 aromatic carbocycles. The number of methoxy groups -OCH3 is 1. The minimum Gasteiger partial charge on any atom is -0.465 e. The summed E-state index contributed by atoms with van der Waals surface area (Å²) in [5.74, 6) is -0.974. The van der Waals surface area contributed by atoms with Gasteiger partial charge in [0.2, 0.25) is 0 Å². The van der Waals surface area contributed by atoms with Crippen LogP contribution >= 0.6 is 0 Å². The van der Waals surface area contributed by atoms with Crippen molar-refractivity contribution in [1.29, 1.82) is 0 Å². The van der Waals surface area contributed by atoms with E-state index in [0.717, 1.165) is 5.69 Å². The third kappa shape index (κ3) is 3.35. The van der Waals surface area contributed by atoms with Crippen molar-refractivity contribution in [3.8, 4) is 0 Å². The van der Waals surface area contributed by atoms with Crippen LogP contribution in [0.1, 0.15) is 37.9 Å². The fourth-order valence-electron chi connectivity index (χ4n) is 2.31. The van der Waals surface area contributed by atoms with Gasteiger partial charge in [0.05, 0.1) is 12.8 Å². The van der Waals surface area contributed by atoms with Crippen LogP contribution in [0, 0.1) is 5.92 Å². The predicted octanol–water partition coefficient (Wildman–Crippen LogP) is 1.15. The second-order valence-corrected chi connectivity index (χ2v) is 6.03. The van der Waals surface area contributed by atoms with E-state index in [9.17, 15) is 9.59 Å². The molecule has 120 valence electrons. The Kier molecular flexibility index (Phi) is 4.63. The van der Waals surface area contributed by atoms with E-state index in [1.807, 2.05) is 20.0 Å². The molecule has 0 aliphatic heterocycles. The Morgan fingerprint density at radius 2 is 2.14 bits per heavy atom. The molecule has 0 amide bonds. The van der Waals surface area contributed by atoms with Gasteiger partial charge in [-0.3, -0.25) is 4.79 Å². The average molecular weight is 306 g/mol. The molecule has 1 saturated carbocycles. The summed E-state index contributed by atoms with van der Waals surface area (Å²) in [6, 6.07) is 0.230. The van der Waals surface area contributed by atoms with Crippen molar-refractivity contribution < 1.29 is 14.3 Å². The molecule has 0 bridgehead atoms. The highest BCUT2D eigenvalue weighted by Gasteiger charge is 2.47. The lowest BCUT2D eigenvalue weighted by molar-refractivity contribution is -0.138. The van der Waals surface area contributed by atoms with Crippen LogP contribution in [0.5, 0.6) is 0 Å². The standard InChI is InChI=1S/C15H22N4O3/c1-9(2)19-8-13(16-17-19)10-6-11(10)14(20)12(7-18(3)4)15(21)22-5/h7-11H,6H2,1-5H3/b12-7-/t10-,11-/m0/s1. The van der Waals surface area contributed by atoms with Crippen LogP contribution in [-0.2, 0) is 14.3 Å². The van der Waals surface area contributed by atoms with Crippen LogP contribution in [0.15, 0.2) is 18.0 Å². The zero-order valence-corrected chi connectivity index (χ0v) is 13.6. The van der Waals surface area contributed by atoms with E-state index >= 15 is 0 Å². The van der Waals surface area contributed by atoms with E-state index in [1.165, 1.54) is 13.3 Å². The number of hydrogen-bond acceptors (Lipinski definition) is 6. The van der Waals surface area contributed by atoms with E-state index in [-0.39, 0.29) is 29.2 Å². The largest absolute Gasteiger partial charge is 0.465 e. The molecule has 0 spiro atoms. The topological polar surface area (TPSA) is 77.3 Å². The molecule has 1 aromatic rings. The van der Waals surface area contributed by atoms with E-state index in [4.69, 9.17) is 4.74 Å². The Morgan fingerprint density at radius 1 is 1.45 bits per heavy atom. The maximum Gasteiger partial charge on any atom is 0.342 e. The highest BCUT2D eigenvalue weighted by atomic mass is 16.5. The van der Waals surface area contributed by atoms with Gasteiger partial charge < -0.3 is 9.64 Å². The molecule has 1 heterocycles. The molecule has 22 heavy (non-hydrogen) atoms. The molecular weight excluding hydrogens is 284 g/mol. The first kappa shape index (κ1) is 16.2.